The highest BCUT2D eigenvalue weighted by Gasteiger charge is 2.20. The molecule has 0 spiro atoms. The minimum Gasteiger partial charge on any atom is -0.466 e. The fraction of sp³-hybridized carbons (Fsp3) is 0.918. The zero-order chi connectivity index (χ0) is 40.1. The zero-order valence-electron chi connectivity index (χ0n) is 36.9. The van der Waals surface area contributed by atoms with Crippen molar-refractivity contribution in [2.75, 3.05) is 13.2 Å². The fourth-order valence-electron chi connectivity index (χ4n) is 7.50. The summed E-state index contributed by atoms with van der Waals surface area (Å²) in [6, 6.07) is -0.552. The number of aliphatic hydroxyl groups is 2. The van der Waals surface area contributed by atoms with E-state index < -0.39 is 12.1 Å². The van der Waals surface area contributed by atoms with Crippen LogP contribution >= 0.6 is 0 Å². The highest BCUT2D eigenvalue weighted by molar-refractivity contribution is 5.76. The first-order valence-electron chi connectivity index (χ1n) is 24.4. The van der Waals surface area contributed by atoms with Gasteiger partial charge in [0.05, 0.1) is 25.4 Å². The molecular formula is C49H95NO5. The summed E-state index contributed by atoms with van der Waals surface area (Å²) >= 11 is 0. The van der Waals surface area contributed by atoms with Gasteiger partial charge in [-0.1, -0.05) is 219 Å². The summed E-state index contributed by atoms with van der Waals surface area (Å²) in [5.74, 6) is -0.0705. The Morgan fingerprint density at radius 1 is 0.491 bits per heavy atom. The van der Waals surface area contributed by atoms with Crippen molar-refractivity contribution in [2.45, 2.75) is 276 Å². The van der Waals surface area contributed by atoms with Gasteiger partial charge in [-0.3, -0.25) is 9.59 Å². The first kappa shape index (κ1) is 53.6. The zero-order valence-corrected chi connectivity index (χ0v) is 36.9. The second kappa shape index (κ2) is 45.3. The minimum absolute atomic E-state index is 0.0202. The number of hydrogen-bond acceptors (Lipinski definition) is 5. The predicted octanol–water partition coefficient (Wildman–Crippen LogP) is 14.2. The molecule has 0 radical (unpaired) electrons. The number of unbranched alkanes of at least 4 members (excludes halogenated alkanes) is 32. The maximum atomic E-state index is 12.4. The average Bonchev–Trinajstić information content (AvgIpc) is 3.18. The minimum atomic E-state index is -0.673. The van der Waals surface area contributed by atoms with Gasteiger partial charge in [0.2, 0.25) is 5.91 Å². The highest BCUT2D eigenvalue weighted by Crippen LogP contribution is 2.16. The van der Waals surface area contributed by atoms with Crippen molar-refractivity contribution in [2.24, 2.45) is 0 Å². The summed E-state index contributed by atoms with van der Waals surface area (Å²) in [4.78, 5) is 24.4. The van der Waals surface area contributed by atoms with Crippen LogP contribution in [0.1, 0.15) is 264 Å². The van der Waals surface area contributed by atoms with Crippen LogP contribution in [0.15, 0.2) is 12.2 Å². The van der Waals surface area contributed by atoms with E-state index in [-0.39, 0.29) is 18.5 Å². The van der Waals surface area contributed by atoms with Crippen molar-refractivity contribution < 1.29 is 24.5 Å². The van der Waals surface area contributed by atoms with Gasteiger partial charge in [-0.05, 0) is 44.9 Å². The van der Waals surface area contributed by atoms with Gasteiger partial charge in [0.1, 0.15) is 0 Å². The molecule has 0 rings (SSSR count). The smallest absolute Gasteiger partial charge is 0.305 e. The van der Waals surface area contributed by atoms with Gasteiger partial charge in [0.25, 0.3) is 0 Å². The van der Waals surface area contributed by atoms with E-state index in [4.69, 9.17) is 4.74 Å². The summed E-state index contributed by atoms with van der Waals surface area (Å²) in [7, 11) is 0. The molecule has 0 heterocycles. The second-order valence-electron chi connectivity index (χ2n) is 16.8. The lowest BCUT2D eigenvalue weighted by molar-refractivity contribution is -0.143. The molecule has 0 aliphatic carbocycles. The Morgan fingerprint density at radius 3 is 1.35 bits per heavy atom. The predicted molar refractivity (Wildman–Crippen MR) is 237 cm³/mol. The number of allylic oxidation sites excluding steroid dienone is 2. The lowest BCUT2D eigenvalue weighted by Crippen LogP contribution is -2.45. The summed E-state index contributed by atoms with van der Waals surface area (Å²) in [6.07, 6.45) is 50.2. The van der Waals surface area contributed by atoms with Crippen molar-refractivity contribution >= 4 is 11.9 Å². The van der Waals surface area contributed by atoms with Crippen LogP contribution in [0.2, 0.25) is 0 Å². The molecule has 0 aromatic rings. The Balaban J connectivity index is 3.47. The third kappa shape index (κ3) is 42.0. The van der Waals surface area contributed by atoms with Gasteiger partial charge in [0, 0.05) is 12.8 Å². The van der Waals surface area contributed by atoms with Gasteiger partial charge >= 0.3 is 5.97 Å². The van der Waals surface area contributed by atoms with Crippen molar-refractivity contribution in [3.8, 4) is 0 Å². The Hall–Kier alpha value is -1.40. The molecule has 0 fully saturated rings. The SMILES string of the molecule is CCCC/C=C\CCCCCCCC(=O)OCCCCCCCCCCCCCCC(=O)NC(CO)C(O)CCCCCCCCCCCCCCCCC. The molecule has 1 amide bonds. The Labute approximate surface area is 342 Å². The van der Waals surface area contributed by atoms with E-state index >= 15 is 0 Å². The largest absolute Gasteiger partial charge is 0.466 e. The monoisotopic (exact) mass is 778 g/mol. The van der Waals surface area contributed by atoms with Crippen LogP contribution in [0.5, 0.6) is 0 Å². The summed E-state index contributed by atoms with van der Waals surface area (Å²) < 4.78 is 5.43. The number of ether oxygens (including phenoxy) is 1. The maximum absolute atomic E-state index is 12.4. The first-order valence-corrected chi connectivity index (χ1v) is 24.4. The van der Waals surface area contributed by atoms with E-state index in [2.05, 4.69) is 31.3 Å². The fourth-order valence-corrected chi connectivity index (χ4v) is 7.50. The molecule has 0 saturated carbocycles. The second-order valence-corrected chi connectivity index (χ2v) is 16.8. The molecule has 3 N–H and O–H groups in total. The van der Waals surface area contributed by atoms with Crippen LogP contribution in [0.4, 0.5) is 0 Å². The molecule has 0 aliphatic rings. The molecule has 55 heavy (non-hydrogen) atoms. The molecule has 0 aromatic heterocycles. The van der Waals surface area contributed by atoms with Gasteiger partial charge < -0.3 is 20.3 Å². The van der Waals surface area contributed by atoms with Gasteiger partial charge in [0.15, 0.2) is 0 Å². The maximum Gasteiger partial charge on any atom is 0.305 e. The molecule has 6 nitrogen and oxygen atoms in total. The molecule has 6 heteroatoms. The summed E-state index contributed by atoms with van der Waals surface area (Å²) in [5.41, 5.74) is 0. The van der Waals surface area contributed by atoms with Crippen LogP contribution in [0.3, 0.4) is 0 Å². The van der Waals surface area contributed by atoms with Crippen molar-refractivity contribution in [1.82, 2.24) is 5.32 Å². The van der Waals surface area contributed by atoms with Gasteiger partial charge in [-0.15, -0.1) is 0 Å². The molecule has 326 valence electrons. The molecule has 0 bridgehead atoms. The number of rotatable bonds is 45. The Morgan fingerprint density at radius 2 is 0.873 bits per heavy atom. The summed E-state index contributed by atoms with van der Waals surface area (Å²) in [5, 5.41) is 23.2. The third-order valence-corrected chi connectivity index (χ3v) is 11.3. The van der Waals surface area contributed by atoms with Crippen molar-refractivity contribution in [3.05, 3.63) is 12.2 Å². The van der Waals surface area contributed by atoms with Crippen LogP contribution in [-0.4, -0.2) is 47.4 Å². The van der Waals surface area contributed by atoms with Crippen LogP contribution in [0, 0.1) is 0 Å². The normalized spacial score (nSPS) is 12.7. The molecule has 0 aliphatic heterocycles. The number of nitrogens with one attached hydrogen (secondary N) is 1. The first-order chi connectivity index (χ1) is 27.0. The molecule has 0 aromatic carbocycles. The van der Waals surface area contributed by atoms with Crippen LogP contribution in [0.25, 0.3) is 0 Å². The standard InChI is InChI=1S/C49H95NO5/c1-3-5-7-9-11-13-15-16-17-18-22-25-29-33-37-41-47(52)46(45-51)50-48(53)42-38-34-30-26-23-19-20-24-28-32-36-40-44-55-49(54)43-39-35-31-27-21-14-12-10-8-6-4-2/h10,12,46-47,51-52H,3-9,11,13-45H2,1-2H3,(H,50,53)/b12-10-. The lowest BCUT2D eigenvalue weighted by atomic mass is 10.0. The lowest BCUT2D eigenvalue weighted by Gasteiger charge is -2.22. The number of carbonyl (C=O) groups is 2. The van der Waals surface area contributed by atoms with E-state index in [1.54, 1.807) is 0 Å². The van der Waals surface area contributed by atoms with Crippen molar-refractivity contribution in [3.63, 3.8) is 0 Å². The van der Waals surface area contributed by atoms with Gasteiger partial charge in [-0.25, -0.2) is 0 Å². The highest BCUT2D eigenvalue weighted by atomic mass is 16.5. The van der Waals surface area contributed by atoms with E-state index in [0.717, 1.165) is 57.8 Å². The molecular weight excluding hydrogens is 683 g/mol. The van der Waals surface area contributed by atoms with Crippen LogP contribution in [-0.2, 0) is 14.3 Å². The molecule has 2 atom stereocenters. The van der Waals surface area contributed by atoms with E-state index in [9.17, 15) is 19.8 Å². The Kier molecular flexibility index (Phi) is 44.2. The van der Waals surface area contributed by atoms with Crippen LogP contribution < -0.4 is 5.32 Å². The number of hydrogen-bond donors (Lipinski definition) is 3. The third-order valence-electron chi connectivity index (χ3n) is 11.3. The van der Waals surface area contributed by atoms with Crippen molar-refractivity contribution in [1.29, 1.82) is 0 Å². The topological polar surface area (TPSA) is 95.9 Å². The number of amides is 1. The molecule has 0 saturated heterocycles. The van der Waals surface area contributed by atoms with E-state index in [1.807, 2.05) is 0 Å². The van der Waals surface area contributed by atoms with E-state index in [1.165, 1.54) is 173 Å². The quantitative estimate of drug-likeness (QED) is 0.0325. The van der Waals surface area contributed by atoms with E-state index in [0.29, 0.717) is 25.9 Å². The van der Waals surface area contributed by atoms with Gasteiger partial charge in [-0.2, -0.15) is 0 Å². The summed E-state index contributed by atoms with van der Waals surface area (Å²) in [6.45, 7) is 4.88. The Bertz CT molecular complexity index is 817. The average molecular weight is 778 g/mol. The number of esters is 1. The number of aliphatic hydroxyl groups excluding tert-OH is 2. The number of carbonyl (C=O) groups excluding carboxylic acids is 2. The molecule has 2 unspecified atom stereocenters.